The van der Waals surface area contributed by atoms with Crippen molar-refractivity contribution in [3.63, 3.8) is 0 Å². The lowest BCUT2D eigenvalue weighted by atomic mass is 10.2. The predicted octanol–water partition coefficient (Wildman–Crippen LogP) is 3.73. The van der Waals surface area contributed by atoms with Crippen molar-refractivity contribution in [3.05, 3.63) is 109 Å². The molecule has 4 aromatic rings. The SMILES string of the molecule is O=C(CNC(=O)c1ccc(S(=O)(=O)Nc2ccccc2Oc2ccccc2)cc1)NCCCN1CCN(c2ccncc2)CC1. The number of hydrogen-bond acceptors (Lipinski definition) is 8. The lowest BCUT2D eigenvalue weighted by Crippen LogP contribution is -2.47. The number of aromatic nitrogens is 1. The summed E-state index contributed by atoms with van der Waals surface area (Å²) in [6.45, 7) is 5.03. The number of piperazine rings is 1. The molecule has 1 aromatic heterocycles. The number of amides is 2. The zero-order valence-corrected chi connectivity index (χ0v) is 25.6. The highest BCUT2D eigenvalue weighted by Gasteiger charge is 2.19. The van der Waals surface area contributed by atoms with Gasteiger partial charge in [-0.15, -0.1) is 0 Å². The molecule has 3 aromatic carbocycles. The molecule has 0 unspecified atom stereocenters. The minimum atomic E-state index is -3.97. The Labute approximate surface area is 263 Å². The van der Waals surface area contributed by atoms with Crippen LogP contribution in [0.15, 0.2) is 108 Å². The van der Waals surface area contributed by atoms with Crippen molar-refractivity contribution in [2.45, 2.75) is 11.3 Å². The average molecular weight is 629 g/mol. The molecule has 1 fully saturated rings. The van der Waals surface area contributed by atoms with E-state index in [1.54, 1.807) is 48.8 Å². The minimum Gasteiger partial charge on any atom is -0.455 e. The van der Waals surface area contributed by atoms with Crippen molar-refractivity contribution in [3.8, 4) is 11.5 Å². The highest BCUT2D eigenvalue weighted by Crippen LogP contribution is 2.31. The van der Waals surface area contributed by atoms with E-state index in [4.69, 9.17) is 4.74 Å². The van der Waals surface area contributed by atoms with Gasteiger partial charge in [0.05, 0.1) is 17.1 Å². The van der Waals surface area contributed by atoms with E-state index in [1.807, 2.05) is 30.3 Å². The molecule has 1 saturated heterocycles. The van der Waals surface area contributed by atoms with Crippen LogP contribution in [-0.2, 0) is 14.8 Å². The Kier molecular flexibility index (Phi) is 10.6. The van der Waals surface area contributed by atoms with E-state index in [9.17, 15) is 18.0 Å². The minimum absolute atomic E-state index is 0.0231. The zero-order chi connectivity index (χ0) is 31.5. The number of rotatable bonds is 13. The Morgan fingerprint density at radius 2 is 1.49 bits per heavy atom. The van der Waals surface area contributed by atoms with Gasteiger partial charge in [-0.3, -0.25) is 24.2 Å². The van der Waals surface area contributed by atoms with E-state index in [0.29, 0.717) is 18.0 Å². The molecule has 3 N–H and O–H groups in total. The summed E-state index contributed by atoms with van der Waals surface area (Å²) in [7, 11) is -3.97. The Bertz CT molecular complexity index is 1660. The Morgan fingerprint density at radius 3 is 2.22 bits per heavy atom. The van der Waals surface area contributed by atoms with Crippen LogP contribution in [0.1, 0.15) is 16.8 Å². The second kappa shape index (κ2) is 15.2. The maximum Gasteiger partial charge on any atom is 0.262 e. The van der Waals surface area contributed by atoms with Crippen LogP contribution in [0, 0.1) is 0 Å². The van der Waals surface area contributed by atoms with Crippen LogP contribution in [0.25, 0.3) is 0 Å². The highest BCUT2D eigenvalue weighted by molar-refractivity contribution is 7.92. The predicted molar refractivity (Wildman–Crippen MR) is 173 cm³/mol. The van der Waals surface area contributed by atoms with Gasteiger partial charge >= 0.3 is 0 Å². The number of benzene rings is 3. The van der Waals surface area contributed by atoms with Crippen molar-refractivity contribution in [2.24, 2.45) is 0 Å². The fourth-order valence-electron chi connectivity index (χ4n) is 4.88. The second-order valence-corrected chi connectivity index (χ2v) is 12.1. The Hall–Kier alpha value is -4.94. The number of anilines is 2. The summed E-state index contributed by atoms with van der Waals surface area (Å²) in [5, 5.41) is 5.43. The van der Waals surface area contributed by atoms with Crippen LogP contribution in [0.2, 0.25) is 0 Å². The fraction of sp³-hybridized carbons (Fsp3) is 0.242. The van der Waals surface area contributed by atoms with E-state index in [-0.39, 0.29) is 28.6 Å². The van der Waals surface area contributed by atoms with Gasteiger partial charge in [-0.05, 0) is 73.6 Å². The molecule has 0 aliphatic carbocycles. The summed E-state index contributed by atoms with van der Waals surface area (Å²) >= 11 is 0. The van der Waals surface area contributed by atoms with Gasteiger partial charge in [-0.25, -0.2) is 8.42 Å². The highest BCUT2D eigenvalue weighted by atomic mass is 32.2. The summed E-state index contributed by atoms with van der Waals surface area (Å²) in [6.07, 6.45) is 4.42. The second-order valence-electron chi connectivity index (χ2n) is 10.5. The van der Waals surface area contributed by atoms with Gasteiger partial charge in [0.25, 0.3) is 15.9 Å². The molecule has 234 valence electrons. The molecule has 0 spiro atoms. The van der Waals surface area contributed by atoms with E-state index in [1.165, 1.54) is 30.0 Å². The molecule has 1 aliphatic rings. The van der Waals surface area contributed by atoms with Gasteiger partial charge in [0.15, 0.2) is 5.75 Å². The van der Waals surface area contributed by atoms with Crippen molar-refractivity contribution in [1.82, 2.24) is 20.5 Å². The quantitative estimate of drug-likeness (QED) is 0.191. The van der Waals surface area contributed by atoms with E-state index >= 15 is 0 Å². The lowest BCUT2D eigenvalue weighted by Gasteiger charge is -2.36. The Balaban J connectivity index is 1.03. The summed E-state index contributed by atoms with van der Waals surface area (Å²) in [5.74, 6) is 0.155. The number of carbonyl (C=O) groups is 2. The molecule has 0 radical (unpaired) electrons. The third-order valence-corrected chi connectivity index (χ3v) is 8.69. The van der Waals surface area contributed by atoms with Gasteiger partial charge in [0, 0.05) is 56.4 Å². The van der Waals surface area contributed by atoms with Crippen molar-refractivity contribution in [2.75, 3.05) is 55.4 Å². The van der Waals surface area contributed by atoms with Gasteiger partial charge in [-0.1, -0.05) is 30.3 Å². The number of sulfonamides is 1. The van der Waals surface area contributed by atoms with E-state index < -0.39 is 15.9 Å². The van der Waals surface area contributed by atoms with Gasteiger partial charge < -0.3 is 20.3 Å². The van der Waals surface area contributed by atoms with Crippen LogP contribution in [0.3, 0.4) is 0 Å². The number of para-hydroxylation sites is 3. The van der Waals surface area contributed by atoms with Crippen molar-refractivity contribution < 1.29 is 22.7 Å². The van der Waals surface area contributed by atoms with E-state index in [2.05, 4.69) is 30.1 Å². The van der Waals surface area contributed by atoms with Crippen LogP contribution < -0.4 is 25.0 Å². The molecule has 2 amide bonds. The van der Waals surface area contributed by atoms with Gasteiger partial charge in [0.1, 0.15) is 5.75 Å². The van der Waals surface area contributed by atoms with Crippen LogP contribution in [0.4, 0.5) is 11.4 Å². The molecule has 45 heavy (non-hydrogen) atoms. The fourth-order valence-corrected chi connectivity index (χ4v) is 5.96. The smallest absolute Gasteiger partial charge is 0.262 e. The molecular weight excluding hydrogens is 592 g/mol. The monoisotopic (exact) mass is 628 g/mol. The first-order valence-electron chi connectivity index (χ1n) is 14.7. The van der Waals surface area contributed by atoms with Gasteiger partial charge in [-0.2, -0.15) is 0 Å². The molecule has 2 heterocycles. The molecule has 0 saturated carbocycles. The number of nitrogens with one attached hydrogen (secondary N) is 3. The zero-order valence-electron chi connectivity index (χ0n) is 24.8. The van der Waals surface area contributed by atoms with Gasteiger partial charge in [0.2, 0.25) is 5.91 Å². The van der Waals surface area contributed by atoms with Crippen LogP contribution in [0.5, 0.6) is 11.5 Å². The number of carbonyl (C=O) groups excluding carboxylic acids is 2. The third-order valence-electron chi connectivity index (χ3n) is 7.31. The normalized spacial score (nSPS) is 13.6. The number of ether oxygens (including phenoxy) is 1. The molecule has 1 aliphatic heterocycles. The van der Waals surface area contributed by atoms with Crippen molar-refractivity contribution in [1.29, 1.82) is 0 Å². The van der Waals surface area contributed by atoms with Crippen LogP contribution >= 0.6 is 0 Å². The topological polar surface area (TPSA) is 133 Å². The molecule has 5 rings (SSSR count). The summed E-state index contributed by atoms with van der Waals surface area (Å²) in [6, 6.07) is 25.3. The molecule has 11 nitrogen and oxygen atoms in total. The lowest BCUT2D eigenvalue weighted by molar-refractivity contribution is -0.120. The summed E-state index contributed by atoms with van der Waals surface area (Å²) < 4.78 is 34.5. The van der Waals surface area contributed by atoms with Crippen LogP contribution in [-0.4, -0.2) is 75.9 Å². The summed E-state index contributed by atoms with van der Waals surface area (Å²) in [5.41, 5.74) is 1.70. The average Bonchev–Trinajstić information content (AvgIpc) is 3.07. The molecular formula is C33H36N6O5S. The standard InChI is InChI=1S/C33H36N6O5S/c40-32(35-17-6-20-38-21-23-39(24-22-38)27-15-18-34-19-16-27)25-36-33(41)26-11-13-29(14-12-26)45(42,43)37-30-9-4-5-10-31(30)44-28-7-2-1-3-8-28/h1-5,7-16,18-19,37H,6,17,20-25H2,(H,35,40)(H,36,41). The number of hydrogen-bond donors (Lipinski definition) is 3. The first-order chi connectivity index (χ1) is 21.9. The molecule has 0 bridgehead atoms. The first kappa shape index (κ1) is 31.5. The largest absolute Gasteiger partial charge is 0.455 e. The Morgan fingerprint density at radius 1 is 0.800 bits per heavy atom. The number of pyridine rings is 1. The van der Waals surface area contributed by atoms with Crippen molar-refractivity contribution >= 4 is 33.2 Å². The first-order valence-corrected chi connectivity index (χ1v) is 16.2. The maximum atomic E-state index is 13.1. The number of nitrogens with zero attached hydrogens (tertiary/aromatic N) is 3. The molecule has 12 heteroatoms. The summed E-state index contributed by atoms with van der Waals surface area (Å²) in [4.78, 5) is 33.6. The third kappa shape index (κ3) is 9.03. The van der Waals surface area contributed by atoms with E-state index in [0.717, 1.165) is 39.1 Å². The maximum absolute atomic E-state index is 13.1. The molecule has 0 atom stereocenters.